The maximum atomic E-state index is 9.02. The Kier molecular flexibility index (Phi) is 4.57. The largest absolute Gasteiger partial charge is 0.394 e. The Bertz CT molecular complexity index is 201. The maximum Gasteiger partial charge on any atom is 0.169 e. The van der Waals surface area contributed by atoms with Crippen molar-refractivity contribution in [3.05, 3.63) is 0 Å². The van der Waals surface area contributed by atoms with Gasteiger partial charge in [-0.3, -0.25) is 0 Å². The average molecular weight is 218 g/mol. The molecule has 5 heteroatoms. The molecular weight excluding hydrogens is 200 g/mol. The number of morpholine rings is 1. The van der Waals surface area contributed by atoms with Crippen molar-refractivity contribution in [1.82, 2.24) is 10.2 Å². The minimum Gasteiger partial charge on any atom is -0.394 e. The molecule has 1 heterocycles. The van der Waals surface area contributed by atoms with Gasteiger partial charge in [-0.05, 0) is 26.1 Å². The predicted octanol–water partition coefficient (Wildman–Crippen LogP) is -0.0376. The van der Waals surface area contributed by atoms with Crippen molar-refractivity contribution in [2.24, 2.45) is 0 Å². The molecule has 0 bridgehead atoms. The second-order valence-corrected chi connectivity index (χ2v) is 3.88. The van der Waals surface area contributed by atoms with Gasteiger partial charge in [-0.25, -0.2) is 0 Å². The van der Waals surface area contributed by atoms with Crippen LogP contribution in [0.5, 0.6) is 0 Å². The smallest absolute Gasteiger partial charge is 0.169 e. The minimum atomic E-state index is -0.115. The van der Waals surface area contributed by atoms with E-state index in [4.69, 9.17) is 22.1 Å². The summed E-state index contributed by atoms with van der Waals surface area (Å²) in [5.74, 6) is 0. The molecule has 0 aliphatic carbocycles. The number of nitrogens with one attached hydrogen (secondary N) is 1. The highest BCUT2D eigenvalue weighted by Gasteiger charge is 2.25. The molecule has 14 heavy (non-hydrogen) atoms. The van der Waals surface area contributed by atoms with E-state index in [1.165, 1.54) is 0 Å². The molecule has 1 saturated heterocycles. The number of ether oxygens (including phenoxy) is 1. The molecule has 0 spiro atoms. The molecule has 0 radical (unpaired) electrons. The fourth-order valence-electron chi connectivity index (χ4n) is 1.57. The predicted molar refractivity (Wildman–Crippen MR) is 59.3 cm³/mol. The fourth-order valence-corrected chi connectivity index (χ4v) is 1.87. The highest BCUT2D eigenvalue weighted by Crippen LogP contribution is 2.10. The van der Waals surface area contributed by atoms with E-state index >= 15 is 0 Å². The number of aliphatic hydroxyl groups is 1. The van der Waals surface area contributed by atoms with Crippen molar-refractivity contribution >= 4 is 17.3 Å². The molecule has 4 nitrogen and oxygen atoms in total. The molecule has 0 amide bonds. The standard InChI is InChI=1S/C9H18N2O2S/c1-3-10-9(14)11-4-7(2)13-8(5-11)6-12/h7-8,12H,3-6H2,1-2H3,(H,10,14). The second-order valence-electron chi connectivity index (χ2n) is 3.49. The summed E-state index contributed by atoms with van der Waals surface area (Å²) in [5.41, 5.74) is 0. The first-order chi connectivity index (χ1) is 6.67. The van der Waals surface area contributed by atoms with Gasteiger partial charge < -0.3 is 20.1 Å². The van der Waals surface area contributed by atoms with Crippen LogP contribution in [0.25, 0.3) is 0 Å². The SMILES string of the molecule is CCNC(=S)N1CC(C)OC(CO)C1. The summed E-state index contributed by atoms with van der Waals surface area (Å²) < 4.78 is 5.51. The van der Waals surface area contributed by atoms with Crippen LogP contribution in [0.2, 0.25) is 0 Å². The van der Waals surface area contributed by atoms with Crippen LogP contribution in [0, 0.1) is 0 Å². The van der Waals surface area contributed by atoms with E-state index in [1.54, 1.807) is 0 Å². The highest BCUT2D eigenvalue weighted by atomic mass is 32.1. The third kappa shape index (κ3) is 3.08. The Morgan fingerprint density at radius 1 is 1.64 bits per heavy atom. The van der Waals surface area contributed by atoms with Crippen LogP contribution in [0.1, 0.15) is 13.8 Å². The molecule has 2 N–H and O–H groups in total. The summed E-state index contributed by atoms with van der Waals surface area (Å²) in [6.45, 7) is 6.35. The zero-order valence-corrected chi connectivity index (χ0v) is 9.51. The molecule has 0 aromatic carbocycles. The van der Waals surface area contributed by atoms with E-state index in [-0.39, 0.29) is 18.8 Å². The third-order valence-electron chi connectivity index (χ3n) is 2.15. The lowest BCUT2D eigenvalue weighted by molar-refractivity contribution is -0.0785. The number of nitrogens with zero attached hydrogens (tertiary/aromatic N) is 1. The molecule has 0 aromatic rings. The van der Waals surface area contributed by atoms with Crippen molar-refractivity contribution < 1.29 is 9.84 Å². The van der Waals surface area contributed by atoms with E-state index < -0.39 is 0 Å². The lowest BCUT2D eigenvalue weighted by Crippen LogP contribution is -2.53. The van der Waals surface area contributed by atoms with Gasteiger partial charge in [0.05, 0.1) is 18.8 Å². The fraction of sp³-hybridized carbons (Fsp3) is 0.889. The Labute approximate surface area is 90.2 Å². The number of hydrogen-bond acceptors (Lipinski definition) is 3. The van der Waals surface area contributed by atoms with Gasteiger partial charge in [-0.2, -0.15) is 0 Å². The monoisotopic (exact) mass is 218 g/mol. The van der Waals surface area contributed by atoms with Crippen molar-refractivity contribution in [3.63, 3.8) is 0 Å². The summed E-state index contributed by atoms with van der Waals surface area (Å²) in [6, 6.07) is 0. The zero-order valence-electron chi connectivity index (χ0n) is 8.69. The normalized spacial score (nSPS) is 27.5. The van der Waals surface area contributed by atoms with E-state index in [9.17, 15) is 0 Å². The number of aliphatic hydroxyl groups excluding tert-OH is 1. The van der Waals surface area contributed by atoms with Gasteiger partial charge in [0, 0.05) is 19.6 Å². The van der Waals surface area contributed by atoms with Crippen molar-refractivity contribution in [3.8, 4) is 0 Å². The van der Waals surface area contributed by atoms with Gasteiger partial charge in [0.15, 0.2) is 5.11 Å². The molecule has 2 unspecified atom stereocenters. The van der Waals surface area contributed by atoms with Gasteiger partial charge in [0.2, 0.25) is 0 Å². The molecule has 1 aliphatic rings. The molecular formula is C9H18N2O2S. The zero-order chi connectivity index (χ0) is 10.6. The van der Waals surface area contributed by atoms with Crippen LogP contribution in [0.15, 0.2) is 0 Å². The van der Waals surface area contributed by atoms with E-state index in [2.05, 4.69) is 5.32 Å². The summed E-state index contributed by atoms with van der Waals surface area (Å²) in [5, 5.41) is 12.9. The van der Waals surface area contributed by atoms with E-state index in [1.807, 2.05) is 18.7 Å². The lowest BCUT2D eigenvalue weighted by Gasteiger charge is -2.37. The van der Waals surface area contributed by atoms with Gasteiger partial charge in [0.1, 0.15) is 0 Å². The molecule has 2 atom stereocenters. The van der Waals surface area contributed by atoms with Crippen LogP contribution in [0.3, 0.4) is 0 Å². The van der Waals surface area contributed by atoms with Gasteiger partial charge in [0.25, 0.3) is 0 Å². The summed E-state index contributed by atoms with van der Waals surface area (Å²) in [4.78, 5) is 2.05. The summed E-state index contributed by atoms with van der Waals surface area (Å²) in [7, 11) is 0. The minimum absolute atomic E-state index is 0.0512. The molecule has 82 valence electrons. The number of rotatable bonds is 2. The Balaban J connectivity index is 2.48. The first kappa shape index (κ1) is 11.7. The highest BCUT2D eigenvalue weighted by molar-refractivity contribution is 7.80. The molecule has 1 fully saturated rings. The van der Waals surface area contributed by atoms with Crippen LogP contribution in [0.4, 0.5) is 0 Å². The van der Waals surface area contributed by atoms with Crippen molar-refractivity contribution in [2.75, 3.05) is 26.2 Å². The van der Waals surface area contributed by atoms with Gasteiger partial charge >= 0.3 is 0 Å². The molecule has 0 saturated carbocycles. The van der Waals surface area contributed by atoms with E-state index in [0.29, 0.717) is 6.54 Å². The van der Waals surface area contributed by atoms with Gasteiger partial charge in [-0.15, -0.1) is 0 Å². The molecule has 0 aromatic heterocycles. The second kappa shape index (κ2) is 5.48. The quantitative estimate of drug-likeness (QED) is 0.637. The molecule has 1 aliphatic heterocycles. The van der Waals surface area contributed by atoms with E-state index in [0.717, 1.165) is 18.2 Å². The van der Waals surface area contributed by atoms with Gasteiger partial charge in [-0.1, -0.05) is 0 Å². The van der Waals surface area contributed by atoms with Crippen LogP contribution >= 0.6 is 12.2 Å². The number of thiocarbonyl (C=S) groups is 1. The molecule has 1 rings (SSSR count). The van der Waals surface area contributed by atoms with Crippen LogP contribution in [-0.2, 0) is 4.74 Å². The third-order valence-corrected chi connectivity index (χ3v) is 2.55. The van der Waals surface area contributed by atoms with Crippen molar-refractivity contribution in [2.45, 2.75) is 26.1 Å². The summed E-state index contributed by atoms with van der Waals surface area (Å²) >= 11 is 5.20. The lowest BCUT2D eigenvalue weighted by atomic mass is 10.2. The Morgan fingerprint density at radius 3 is 2.93 bits per heavy atom. The maximum absolute atomic E-state index is 9.02. The Hall–Kier alpha value is -0.390. The summed E-state index contributed by atoms with van der Waals surface area (Å²) in [6.07, 6.45) is 0.00728. The van der Waals surface area contributed by atoms with Crippen molar-refractivity contribution in [1.29, 1.82) is 0 Å². The first-order valence-electron chi connectivity index (χ1n) is 4.96. The topological polar surface area (TPSA) is 44.7 Å². The number of hydrogen-bond donors (Lipinski definition) is 2. The first-order valence-corrected chi connectivity index (χ1v) is 5.37. The van der Waals surface area contributed by atoms with Crippen LogP contribution < -0.4 is 5.32 Å². The Morgan fingerprint density at radius 2 is 2.36 bits per heavy atom. The van der Waals surface area contributed by atoms with Crippen LogP contribution in [-0.4, -0.2) is 53.6 Å². The average Bonchev–Trinajstić information content (AvgIpc) is 2.17.